The van der Waals surface area contributed by atoms with Gasteiger partial charge in [0.2, 0.25) is 0 Å². The van der Waals surface area contributed by atoms with Gasteiger partial charge in [-0.25, -0.2) is 0 Å². The van der Waals surface area contributed by atoms with Gasteiger partial charge in [-0.05, 0) is 38.6 Å². The van der Waals surface area contributed by atoms with Crippen LogP contribution >= 0.6 is 23.2 Å². The molecule has 0 saturated carbocycles. The Kier molecular flexibility index (Phi) is 4.36. The highest BCUT2D eigenvalue weighted by atomic mass is 35.5. The van der Waals surface area contributed by atoms with Gasteiger partial charge in [0.1, 0.15) is 0 Å². The molecule has 0 heterocycles. The van der Waals surface area contributed by atoms with Crippen molar-refractivity contribution in [2.75, 3.05) is 6.54 Å². The first-order chi connectivity index (χ1) is 7.38. The predicted octanol–water partition coefficient (Wildman–Crippen LogP) is 3.56. The Morgan fingerprint density at radius 3 is 2.44 bits per heavy atom. The minimum atomic E-state index is -0.591. The molecule has 88 valence electrons. The van der Waals surface area contributed by atoms with Crippen LogP contribution in [0.5, 0.6) is 0 Å². The molecule has 0 amide bonds. The highest BCUT2D eigenvalue weighted by molar-refractivity contribution is 6.42. The summed E-state index contributed by atoms with van der Waals surface area (Å²) in [5, 5.41) is 3.99. The molecule has 0 aliphatic carbocycles. The molecule has 1 aromatic rings. The third-order valence-electron chi connectivity index (χ3n) is 2.37. The fourth-order valence-corrected chi connectivity index (χ4v) is 1.82. The number of benzene rings is 1. The topological polar surface area (TPSA) is 29.1 Å². The van der Waals surface area contributed by atoms with Crippen molar-refractivity contribution in [2.45, 2.75) is 26.3 Å². The normalized spacial score (nSPS) is 11.6. The summed E-state index contributed by atoms with van der Waals surface area (Å²) in [5.41, 5.74) is -0.0216. The van der Waals surface area contributed by atoms with E-state index < -0.39 is 5.54 Å². The Balaban J connectivity index is 3.01. The van der Waals surface area contributed by atoms with Crippen molar-refractivity contribution in [3.8, 4) is 0 Å². The van der Waals surface area contributed by atoms with Gasteiger partial charge in [0.15, 0.2) is 5.78 Å². The maximum atomic E-state index is 12.2. The molecule has 0 saturated heterocycles. The first kappa shape index (κ1) is 13.5. The minimum absolute atomic E-state index is 0.00733. The van der Waals surface area contributed by atoms with Crippen LogP contribution in [-0.4, -0.2) is 17.9 Å². The molecular weight excluding hydrogens is 245 g/mol. The lowest BCUT2D eigenvalue weighted by Crippen LogP contribution is -2.46. The number of hydrogen-bond acceptors (Lipinski definition) is 2. The zero-order chi connectivity index (χ0) is 12.3. The van der Waals surface area contributed by atoms with Gasteiger partial charge < -0.3 is 5.32 Å². The molecule has 1 N–H and O–H groups in total. The molecule has 0 bridgehead atoms. The monoisotopic (exact) mass is 259 g/mol. The van der Waals surface area contributed by atoms with Crippen LogP contribution in [0.4, 0.5) is 0 Å². The zero-order valence-corrected chi connectivity index (χ0v) is 11.1. The zero-order valence-electron chi connectivity index (χ0n) is 9.60. The van der Waals surface area contributed by atoms with E-state index in [0.29, 0.717) is 15.6 Å². The third-order valence-corrected chi connectivity index (χ3v) is 3.11. The maximum absolute atomic E-state index is 12.2. The molecule has 4 heteroatoms. The Labute approximate surface area is 106 Å². The van der Waals surface area contributed by atoms with Gasteiger partial charge in [0.05, 0.1) is 15.6 Å². The van der Waals surface area contributed by atoms with E-state index in [4.69, 9.17) is 23.2 Å². The Bertz CT molecular complexity index is 402. The molecule has 1 aromatic carbocycles. The molecule has 0 atom stereocenters. The molecule has 0 spiro atoms. The second-order valence-electron chi connectivity index (χ2n) is 4.11. The van der Waals surface area contributed by atoms with Crippen molar-refractivity contribution in [3.05, 3.63) is 33.8 Å². The van der Waals surface area contributed by atoms with Gasteiger partial charge in [-0.3, -0.25) is 4.79 Å². The maximum Gasteiger partial charge on any atom is 0.182 e. The molecule has 0 aromatic heterocycles. The van der Waals surface area contributed by atoms with Crippen molar-refractivity contribution in [1.82, 2.24) is 5.32 Å². The van der Waals surface area contributed by atoms with Crippen LogP contribution < -0.4 is 5.32 Å². The largest absolute Gasteiger partial charge is 0.305 e. The number of carbonyl (C=O) groups excluding carboxylic acids is 1. The van der Waals surface area contributed by atoms with Crippen molar-refractivity contribution in [1.29, 1.82) is 0 Å². The van der Waals surface area contributed by atoms with Crippen LogP contribution in [0.1, 0.15) is 31.1 Å². The number of ketones is 1. The van der Waals surface area contributed by atoms with Crippen LogP contribution in [-0.2, 0) is 0 Å². The highest BCUT2D eigenvalue weighted by Crippen LogP contribution is 2.24. The molecule has 0 radical (unpaired) electrons. The van der Waals surface area contributed by atoms with Gasteiger partial charge in [0, 0.05) is 5.56 Å². The van der Waals surface area contributed by atoms with Crippen molar-refractivity contribution in [3.63, 3.8) is 0 Å². The quantitative estimate of drug-likeness (QED) is 0.838. The summed E-state index contributed by atoms with van der Waals surface area (Å²) in [7, 11) is 0. The molecule has 0 unspecified atom stereocenters. The summed E-state index contributed by atoms with van der Waals surface area (Å²) in [6, 6.07) is 4.93. The summed E-state index contributed by atoms with van der Waals surface area (Å²) < 4.78 is 0. The molecule has 0 fully saturated rings. The molecule has 16 heavy (non-hydrogen) atoms. The Hall–Kier alpha value is -0.570. The molecule has 0 aliphatic heterocycles. The molecule has 2 nitrogen and oxygen atoms in total. The van der Waals surface area contributed by atoms with Crippen LogP contribution in [0.3, 0.4) is 0 Å². The molecular formula is C12H15Cl2NO. The van der Waals surface area contributed by atoms with Crippen LogP contribution in [0.15, 0.2) is 18.2 Å². The van der Waals surface area contributed by atoms with E-state index >= 15 is 0 Å². The summed E-state index contributed by atoms with van der Waals surface area (Å²) in [6.45, 7) is 6.40. The standard InChI is InChI=1S/C12H15Cl2NO/c1-4-15-12(2,3)11(16)8-5-6-9(13)10(14)7-8/h5-7,15H,4H2,1-3H3. The van der Waals surface area contributed by atoms with E-state index in [1.165, 1.54) is 0 Å². The first-order valence-electron chi connectivity index (χ1n) is 5.13. The van der Waals surface area contributed by atoms with Crippen molar-refractivity contribution >= 4 is 29.0 Å². The summed E-state index contributed by atoms with van der Waals surface area (Å²) >= 11 is 11.7. The van der Waals surface area contributed by atoms with E-state index in [-0.39, 0.29) is 5.78 Å². The van der Waals surface area contributed by atoms with E-state index in [1.54, 1.807) is 18.2 Å². The van der Waals surface area contributed by atoms with E-state index in [9.17, 15) is 4.79 Å². The minimum Gasteiger partial charge on any atom is -0.305 e. The van der Waals surface area contributed by atoms with Gasteiger partial charge >= 0.3 is 0 Å². The summed E-state index contributed by atoms with van der Waals surface area (Å²) in [6.07, 6.45) is 0. The van der Waals surface area contributed by atoms with E-state index in [2.05, 4.69) is 5.32 Å². The number of hydrogen-bond donors (Lipinski definition) is 1. The fraction of sp³-hybridized carbons (Fsp3) is 0.417. The highest BCUT2D eigenvalue weighted by Gasteiger charge is 2.27. The lowest BCUT2D eigenvalue weighted by Gasteiger charge is -2.24. The average molecular weight is 260 g/mol. The van der Waals surface area contributed by atoms with Crippen LogP contribution in [0.2, 0.25) is 10.0 Å². The lowest BCUT2D eigenvalue weighted by molar-refractivity contribution is 0.0884. The van der Waals surface area contributed by atoms with Crippen molar-refractivity contribution < 1.29 is 4.79 Å². The second kappa shape index (κ2) is 5.17. The van der Waals surface area contributed by atoms with Gasteiger partial charge in [-0.2, -0.15) is 0 Å². The van der Waals surface area contributed by atoms with Gasteiger partial charge in [0.25, 0.3) is 0 Å². The SMILES string of the molecule is CCNC(C)(C)C(=O)c1ccc(Cl)c(Cl)c1. The Morgan fingerprint density at radius 2 is 1.94 bits per heavy atom. The lowest BCUT2D eigenvalue weighted by atomic mass is 9.93. The summed E-state index contributed by atoms with van der Waals surface area (Å²) in [5.74, 6) is 0.00733. The summed E-state index contributed by atoms with van der Waals surface area (Å²) in [4.78, 5) is 12.2. The molecule has 0 aliphatic rings. The predicted molar refractivity (Wildman–Crippen MR) is 68.5 cm³/mol. The number of likely N-dealkylation sites (N-methyl/N-ethyl adjacent to an activating group) is 1. The average Bonchev–Trinajstić information content (AvgIpc) is 2.21. The van der Waals surface area contributed by atoms with Crippen LogP contribution in [0, 0.1) is 0 Å². The number of nitrogens with one attached hydrogen (secondary N) is 1. The number of Topliss-reactive ketones (excluding diaryl/α,β-unsaturated/α-hetero) is 1. The first-order valence-corrected chi connectivity index (χ1v) is 5.89. The van der Waals surface area contributed by atoms with Gasteiger partial charge in [-0.15, -0.1) is 0 Å². The number of rotatable bonds is 4. The molecule has 1 rings (SSSR count). The third kappa shape index (κ3) is 2.97. The van der Waals surface area contributed by atoms with Crippen molar-refractivity contribution in [2.24, 2.45) is 0 Å². The number of halogens is 2. The van der Waals surface area contributed by atoms with Crippen LogP contribution in [0.25, 0.3) is 0 Å². The van der Waals surface area contributed by atoms with Gasteiger partial charge in [-0.1, -0.05) is 30.1 Å². The van der Waals surface area contributed by atoms with E-state index in [1.807, 2.05) is 20.8 Å². The second-order valence-corrected chi connectivity index (χ2v) is 4.93. The Morgan fingerprint density at radius 1 is 1.31 bits per heavy atom. The smallest absolute Gasteiger partial charge is 0.182 e. The fourth-order valence-electron chi connectivity index (χ4n) is 1.52. The van der Waals surface area contributed by atoms with E-state index in [0.717, 1.165) is 6.54 Å². The number of carbonyl (C=O) groups is 1.